The first-order chi connectivity index (χ1) is 8.10. The molecular weight excluding hydrogens is 220 g/mol. The first-order valence-corrected chi connectivity index (χ1v) is 5.16. The molecule has 1 heterocycles. The van der Waals surface area contributed by atoms with Crippen molar-refractivity contribution in [1.82, 2.24) is 9.97 Å². The van der Waals surface area contributed by atoms with Gasteiger partial charge in [0.1, 0.15) is 5.69 Å². The van der Waals surface area contributed by atoms with Gasteiger partial charge in [-0.3, -0.25) is 9.59 Å². The molecule has 1 aromatic carbocycles. The fourth-order valence-electron chi connectivity index (χ4n) is 1.56. The number of rotatable bonds is 2. The Labute approximate surface area is 97.4 Å². The van der Waals surface area contributed by atoms with E-state index < -0.39 is 5.97 Å². The molecule has 1 aromatic heterocycles. The van der Waals surface area contributed by atoms with Crippen LogP contribution in [0.3, 0.4) is 0 Å². The zero-order chi connectivity index (χ0) is 12.4. The standard InChI is InChI=1S/C12H12N2O3/c1-7-3-4-8-9(5-7)13-10(12(16)14-8)6-11(15)17-2/h3-5H,6H2,1-2H3,(H,14,16). The third-order valence-electron chi connectivity index (χ3n) is 2.46. The molecule has 0 radical (unpaired) electrons. The molecule has 2 aromatic rings. The number of hydrogen-bond donors (Lipinski definition) is 1. The van der Waals surface area contributed by atoms with Crippen LogP contribution >= 0.6 is 0 Å². The second-order valence-corrected chi connectivity index (χ2v) is 3.79. The average molecular weight is 232 g/mol. The van der Waals surface area contributed by atoms with E-state index in [0.29, 0.717) is 11.0 Å². The minimum atomic E-state index is -0.477. The predicted octanol–water partition coefficient (Wildman–Crippen LogP) is 0.947. The van der Waals surface area contributed by atoms with Crippen LogP contribution in [-0.4, -0.2) is 23.0 Å². The van der Waals surface area contributed by atoms with Gasteiger partial charge in [-0.05, 0) is 24.6 Å². The Balaban J connectivity index is 2.53. The third-order valence-corrected chi connectivity index (χ3v) is 2.46. The molecule has 0 saturated heterocycles. The van der Waals surface area contributed by atoms with Crippen LogP contribution < -0.4 is 5.56 Å². The van der Waals surface area contributed by atoms with Gasteiger partial charge in [0.2, 0.25) is 0 Å². The molecule has 0 aliphatic carbocycles. The number of hydrogen-bond acceptors (Lipinski definition) is 4. The highest BCUT2D eigenvalue weighted by Crippen LogP contribution is 2.10. The summed E-state index contributed by atoms with van der Waals surface area (Å²) < 4.78 is 4.51. The predicted molar refractivity (Wildman–Crippen MR) is 62.8 cm³/mol. The van der Waals surface area contributed by atoms with Crippen molar-refractivity contribution in [2.75, 3.05) is 7.11 Å². The summed E-state index contributed by atoms with van der Waals surface area (Å²) in [4.78, 5) is 29.6. The van der Waals surface area contributed by atoms with Crippen LogP contribution in [0.15, 0.2) is 23.0 Å². The van der Waals surface area contributed by atoms with Crippen molar-refractivity contribution in [1.29, 1.82) is 0 Å². The summed E-state index contributed by atoms with van der Waals surface area (Å²) in [6.07, 6.45) is -0.115. The zero-order valence-corrected chi connectivity index (χ0v) is 9.61. The third kappa shape index (κ3) is 2.33. The lowest BCUT2D eigenvalue weighted by Gasteiger charge is -2.02. The second-order valence-electron chi connectivity index (χ2n) is 3.79. The van der Waals surface area contributed by atoms with Gasteiger partial charge < -0.3 is 9.72 Å². The Morgan fingerprint density at radius 2 is 2.24 bits per heavy atom. The number of carbonyl (C=O) groups is 1. The fraction of sp³-hybridized carbons (Fsp3) is 0.250. The van der Waals surface area contributed by atoms with Crippen LogP contribution in [-0.2, 0) is 16.0 Å². The summed E-state index contributed by atoms with van der Waals surface area (Å²) in [5.41, 5.74) is 2.19. The SMILES string of the molecule is COC(=O)Cc1nc2cc(C)ccc2[nH]c1=O. The maximum atomic E-state index is 11.6. The number of carbonyl (C=O) groups excluding carboxylic acids is 1. The first-order valence-electron chi connectivity index (χ1n) is 5.16. The van der Waals surface area contributed by atoms with Gasteiger partial charge >= 0.3 is 5.97 Å². The summed E-state index contributed by atoms with van der Waals surface area (Å²) in [7, 11) is 1.28. The maximum Gasteiger partial charge on any atom is 0.311 e. The van der Waals surface area contributed by atoms with Crippen molar-refractivity contribution in [3.05, 3.63) is 39.8 Å². The number of aryl methyl sites for hydroxylation is 1. The number of H-pyrrole nitrogens is 1. The molecule has 0 saturated carbocycles. The minimum absolute atomic E-state index is 0.115. The Morgan fingerprint density at radius 1 is 1.47 bits per heavy atom. The second kappa shape index (κ2) is 4.37. The van der Waals surface area contributed by atoms with Gasteiger partial charge in [-0.2, -0.15) is 0 Å². The smallest absolute Gasteiger partial charge is 0.311 e. The van der Waals surface area contributed by atoms with Gasteiger partial charge in [-0.25, -0.2) is 4.98 Å². The lowest BCUT2D eigenvalue weighted by molar-refractivity contribution is -0.139. The van der Waals surface area contributed by atoms with Crippen LogP contribution in [0.4, 0.5) is 0 Å². The molecule has 0 unspecified atom stereocenters. The molecule has 0 aliphatic heterocycles. The summed E-state index contributed by atoms with van der Waals surface area (Å²) in [6, 6.07) is 5.53. The van der Waals surface area contributed by atoms with E-state index >= 15 is 0 Å². The molecule has 0 aliphatic rings. The van der Waals surface area contributed by atoms with Crippen LogP contribution in [0.25, 0.3) is 11.0 Å². The summed E-state index contributed by atoms with van der Waals surface area (Å²) in [5.74, 6) is -0.477. The Bertz CT molecular complexity index is 631. The Hall–Kier alpha value is -2.17. The monoisotopic (exact) mass is 232 g/mol. The number of benzene rings is 1. The highest BCUT2D eigenvalue weighted by atomic mass is 16.5. The van der Waals surface area contributed by atoms with E-state index in [0.717, 1.165) is 5.56 Å². The van der Waals surface area contributed by atoms with Crippen molar-refractivity contribution in [3.8, 4) is 0 Å². The first kappa shape index (κ1) is 11.3. The molecule has 0 atom stereocenters. The number of methoxy groups -OCH3 is 1. The van der Waals surface area contributed by atoms with Crippen LogP contribution in [0, 0.1) is 6.92 Å². The summed E-state index contributed by atoms with van der Waals surface area (Å²) in [6.45, 7) is 1.94. The molecule has 0 bridgehead atoms. The van der Waals surface area contributed by atoms with Crippen molar-refractivity contribution < 1.29 is 9.53 Å². The normalized spacial score (nSPS) is 10.5. The topological polar surface area (TPSA) is 72.0 Å². The number of esters is 1. The van der Waals surface area contributed by atoms with E-state index in [4.69, 9.17) is 0 Å². The number of aromatic nitrogens is 2. The molecule has 0 fully saturated rings. The van der Waals surface area contributed by atoms with E-state index in [1.165, 1.54) is 7.11 Å². The molecule has 2 rings (SSSR count). The van der Waals surface area contributed by atoms with Gasteiger partial charge in [-0.1, -0.05) is 6.07 Å². The van der Waals surface area contributed by atoms with E-state index in [2.05, 4.69) is 14.7 Å². The minimum Gasteiger partial charge on any atom is -0.469 e. The van der Waals surface area contributed by atoms with Crippen molar-refractivity contribution in [3.63, 3.8) is 0 Å². The van der Waals surface area contributed by atoms with Crippen molar-refractivity contribution in [2.24, 2.45) is 0 Å². The highest BCUT2D eigenvalue weighted by Gasteiger charge is 2.10. The molecular formula is C12H12N2O3. The zero-order valence-electron chi connectivity index (χ0n) is 9.61. The highest BCUT2D eigenvalue weighted by molar-refractivity contribution is 5.76. The Kier molecular flexibility index (Phi) is 2.91. The molecule has 17 heavy (non-hydrogen) atoms. The van der Waals surface area contributed by atoms with Gasteiger partial charge in [0.05, 0.1) is 24.6 Å². The molecule has 1 N–H and O–H groups in total. The number of ether oxygens (including phenoxy) is 1. The van der Waals surface area contributed by atoms with E-state index in [9.17, 15) is 9.59 Å². The van der Waals surface area contributed by atoms with Crippen molar-refractivity contribution >= 4 is 17.0 Å². The van der Waals surface area contributed by atoms with E-state index in [1.807, 2.05) is 19.1 Å². The average Bonchev–Trinajstić information content (AvgIpc) is 2.30. The summed E-state index contributed by atoms with van der Waals surface area (Å²) in [5, 5.41) is 0. The molecule has 0 spiro atoms. The van der Waals surface area contributed by atoms with Gasteiger partial charge in [0.15, 0.2) is 0 Å². The summed E-state index contributed by atoms with van der Waals surface area (Å²) >= 11 is 0. The van der Waals surface area contributed by atoms with Gasteiger partial charge in [0, 0.05) is 0 Å². The lowest BCUT2D eigenvalue weighted by atomic mass is 10.2. The largest absolute Gasteiger partial charge is 0.469 e. The van der Waals surface area contributed by atoms with E-state index in [-0.39, 0.29) is 17.7 Å². The lowest BCUT2D eigenvalue weighted by Crippen LogP contribution is -2.19. The fourth-order valence-corrected chi connectivity index (χ4v) is 1.56. The van der Waals surface area contributed by atoms with Crippen LogP contribution in [0.2, 0.25) is 0 Å². The number of nitrogens with zero attached hydrogens (tertiary/aromatic N) is 1. The van der Waals surface area contributed by atoms with Crippen molar-refractivity contribution in [2.45, 2.75) is 13.3 Å². The van der Waals surface area contributed by atoms with Crippen LogP contribution in [0.1, 0.15) is 11.3 Å². The molecule has 0 amide bonds. The quantitative estimate of drug-likeness (QED) is 0.782. The van der Waals surface area contributed by atoms with Gasteiger partial charge in [0.25, 0.3) is 5.56 Å². The van der Waals surface area contributed by atoms with E-state index in [1.54, 1.807) is 6.07 Å². The maximum absolute atomic E-state index is 11.6. The van der Waals surface area contributed by atoms with Crippen LogP contribution in [0.5, 0.6) is 0 Å². The number of nitrogens with one attached hydrogen (secondary N) is 1. The Morgan fingerprint density at radius 3 is 2.94 bits per heavy atom. The van der Waals surface area contributed by atoms with Gasteiger partial charge in [-0.15, -0.1) is 0 Å². The molecule has 5 heteroatoms. The molecule has 88 valence electrons. The number of fused-ring (bicyclic) bond motifs is 1. The number of aromatic amines is 1. The molecule has 5 nitrogen and oxygen atoms in total.